The lowest BCUT2D eigenvalue weighted by Gasteiger charge is -2.15. The fourth-order valence-electron chi connectivity index (χ4n) is 3.69. The summed E-state index contributed by atoms with van der Waals surface area (Å²) in [6, 6.07) is 6.53. The Labute approximate surface area is 149 Å². The summed E-state index contributed by atoms with van der Waals surface area (Å²) in [5.41, 5.74) is 3.59. The summed E-state index contributed by atoms with van der Waals surface area (Å²) in [6.45, 7) is 5.98. The van der Waals surface area contributed by atoms with Gasteiger partial charge in [0.05, 0.1) is 5.69 Å². The van der Waals surface area contributed by atoms with Gasteiger partial charge in [-0.1, -0.05) is 6.07 Å². The third-order valence-electron chi connectivity index (χ3n) is 5.08. The van der Waals surface area contributed by atoms with E-state index in [1.807, 2.05) is 9.58 Å². The predicted molar refractivity (Wildman–Crippen MR) is 96.9 cm³/mol. The molecule has 1 saturated heterocycles. The molecular formula is C20H26N4O. The predicted octanol–water partition coefficient (Wildman–Crippen LogP) is 3.32. The lowest BCUT2D eigenvalue weighted by atomic mass is 10.1. The normalized spacial score (nSPS) is 17.5. The molecular weight excluding hydrogens is 312 g/mol. The van der Waals surface area contributed by atoms with Gasteiger partial charge in [0.1, 0.15) is 5.82 Å². The number of nitrogens with zero attached hydrogens (tertiary/aromatic N) is 4. The van der Waals surface area contributed by atoms with E-state index in [1.54, 1.807) is 0 Å². The van der Waals surface area contributed by atoms with Crippen molar-refractivity contribution in [3.63, 3.8) is 0 Å². The zero-order valence-electron chi connectivity index (χ0n) is 15.2. The molecule has 2 heterocycles. The average Bonchev–Trinajstić information content (AvgIpc) is 3.20. The first kappa shape index (κ1) is 16.3. The highest BCUT2D eigenvalue weighted by Gasteiger charge is 2.29. The molecule has 0 spiro atoms. The van der Waals surface area contributed by atoms with Crippen molar-refractivity contribution in [2.75, 3.05) is 13.1 Å². The van der Waals surface area contributed by atoms with Crippen molar-refractivity contribution in [3.8, 4) is 5.69 Å². The topological polar surface area (TPSA) is 51.0 Å². The maximum Gasteiger partial charge on any atom is 0.222 e. The van der Waals surface area contributed by atoms with Gasteiger partial charge in [0.2, 0.25) is 5.91 Å². The molecule has 25 heavy (non-hydrogen) atoms. The number of benzene rings is 1. The molecule has 0 radical (unpaired) electrons. The van der Waals surface area contributed by atoms with Crippen molar-refractivity contribution in [1.82, 2.24) is 19.7 Å². The van der Waals surface area contributed by atoms with Crippen molar-refractivity contribution >= 4 is 5.91 Å². The van der Waals surface area contributed by atoms with Crippen LogP contribution in [0.4, 0.5) is 0 Å². The zero-order chi connectivity index (χ0) is 17.4. The number of carbonyl (C=O) groups is 1. The molecule has 1 aliphatic carbocycles. The van der Waals surface area contributed by atoms with Crippen LogP contribution in [-0.2, 0) is 11.2 Å². The van der Waals surface area contributed by atoms with E-state index in [0.717, 1.165) is 49.7 Å². The minimum Gasteiger partial charge on any atom is -0.343 e. The SMILES string of the molecule is Cc1cc(C)cc(-n2nc(C3CC3)nc2CCCN2CCCC2=O)c1. The molecule has 1 aromatic heterocycles. The van der Waals surface area contributed by atoms with Gasteiger partial charge < -0.3 is 4.90 Å². The van der Waals surface area contributed by atoms with Crippen molar-refractivity contribution < 1.29 is 4.79 Å². The molecule has 0 unspecified atom stereocenters. The van der Waals surface area contributed by atoms with E-state index < -0.39 is 0 Å². The number of likely N-dealkylation sites (tertiary alicyclic amines) is 1. The van der Waals surface area contributed by atoms with Crippen LogP contribution in [0.2, 0.25) is 0 Å². The Kier molecular flexibility index (Phi) is 4.32. The van der Waals surface area contributed by atoms with E-state index in [9.17, 15) is 4.79 Å². The average molecular weight is 338 g/mol. The number of aryl methyl sites for hydroxylation is 3. The molecule has 0 bridgehead atoms. The summed E-state index contributed by atoms with van der Waals surface area (Å²) in [4.78, 5) is 18.6. The van der Waals surface area contributed by atoms with Crippen LogP contribution in [0.1, 0.15) is 60.8 Å². The van der Waals surface area contributed by atoms with Gasteiger partial charge in [-0.05, 0) is 62.8 Å². The van der Waals surface area contributed by atoms with E-state index in [1.165, 1.54) is 24.0 Å². The van der Waals surface area contributed by atoms with Gasteiger partial charge in [0, 0.05) is 31.8 Å². The molecule has 2 aliphatic rings. The second-order valence-corrected chi connectivity index (χ2v) is 7.51. The summed E-state index contributed by atoms with van der Waals surface area (Å²) in [7, 11) is 0. The second-order valence-electron chi connectivity index (χ2n) is 7.51. The van der Waals surface area contributed by atoms with E-state index in [2.05, 4.69) is 32.0 Å². The van der Waals surface area contributed by atoms with Gasteiger partial charge in [-0.3, -0.25) is 4.79 Å². The van der Waals surface area contributed by atoms with Crippen molar-refractivity contribution in [2.45, 2.75) is 58.3 Å². The number of hydrogen-bond acceptors (Lipinski definition) is 3. The third kappa shape index (κ3) is 3.60. The van der Waals surface area contributed by atoms with Crippen molar-refractivity contribution in [2.24, 2.45) is 0 Å². The molecule has 1 saturated carbocycles. The van der Waals surface area contributed by atoms with E-state index >= 15 is 0 Å². The summed E-state index contributed by atoms with van der Waals surface area (Å²) < 4.78 is 2.03. The fourth-order valence-corrected chi connectivity index (χ4v) is 3.69. The van der Waals surface area contributed by atoms with Crippen LogP contribution in [0.5, 0.6) is 0 Å². The number of rotatable bonds is 6. The molecule has 1 amide bonds. The van der Waals surface area contributed by atoms with Crippen LogP contribution in [-0.4, -0.2) is 38.7 Å². The Hall–Kier alpha value is -2.17. The highest BCUT2D eigenvalue weighted by atomic mass is 16.2. The Morgan fingerprint density at radius 1 is 1.16 bits per heavy atom. The van der Waals surface area contributed by atoms with Gasteiger partial charge in [-0.25, -0.2) is 9.67 Å². The minimum atomic E-state index is 0.300. The smallest absolute Gasteiger partial charge is 0.222 e. The number of carbonyl (C=O) groups excluding carboxylic acids is 1. The van der Waals surface area contributed by atoms with E-state index in [-0.39, 0.29) is 0 Å². The lowest BCUT2D eigenvalue weighted by Crippen LogP contribution is -2.26. The van der Waals surface area contributed by atoms with Gasteiger partial charge >= 0.3 is 0 Å². The lowest BCUT2D eigenvalue weighted by molar-refractivity contribution is -0.127. The van der Waals surface area contributed by atoms with Crippen LogP contribution >= 0.6 is 0 Å². The molecule has 132 valence electrons. The Bertz CT molecular complexity index is 771. The number of aromatic nitrogens is 3. The first-order valence-corrected chi connectivity index (χ1v) is 9.42. The zero-order valence-corrected chi connectivity index (χ0v) is 15.2. The molecule has 0 atom stereocenters. The minimum absolute atomic E-state index is 0.300. The number of amides is 1. The van der Waals surface area contributed by atoms with Gasteiger partial charge in [-0.2, -0.15) is 5.10 Å². The summed E-state index contributed by atoms with van der Waals surface area (Å²) >= 11 is 0. The molecule has 1 aromatic carbocycles. The Morgan fingerprint density at radius 3 is 2.56 bits per heavy atom. The number of hydrogen-bond donors (Lipinski definition) is 0. The monoisotopic (exact) mass is 338 g/mol. The first-order chi connectivity index (χ1) is 12.1. The summed E-state index contributed by atoms with van der Waals surface area (Å²) in [6.07, 6.45) is 5.93. The van der Waals surface area contributed by atoms with E-state index in [0.29, 0.717) is 18.2 Å². The van der Waals surface area contributed by atoms with Gasteiger partial charge in [0.15, 0.2) is 5.82 Å². The van der Waals surface area contributed by atoms with Crippen LogP contribution in [0.15, 0.2) is 18.2 Å². The van der Waals surface area contributed by atoms with Gasteiger partial charge in [0.25, 0.3) is 0 Å². The van der Waals surface area contributed by atoms with Crippen molar-refractivity contribution in [3.05, 3.63) is 41.0 Å². The molecule has 0 N–H and O–H groups in total. The summed E-state index contributed by atoms with van der Waals surface area (Å²) in [5.74, 6) is 2.87. The van der Waals surface area contributed by atoms with Crippen molar-refractivity contribution in [1.29, 1.82) is 0 Å². The standard InChI is InChI=1S/C20H26N4O/c1-14-11-15(2)13-17(12-14)24-18(21-20(22-24)16-7-8-16)5-3-9-23-10-4-6-19(23)25/h11-13,16H,3-10H2,1-2H3. The molecule has 4 rings (SSSR count). The Balaban J connectivity index is 1.54. The molecule has 5 nitrogen and oxygen atoms in total. The van der Waals surface area contributed by atoms with E-state index in [4.69, 9.17) is 10.1 Å². The maximum atomic E-state index is 11.8. The fraction of sp³-hybridized carbons (Fsp3) is 0.550. The quantitative estimate of drug-likeness (QED) is 0.812. The Morgan fingerprint density at radius 2 is 1.92 bits per heavy atom. The molecule has 2 fully saturated rings. The maximum absolute atomic E-state index is 11.8. The van der Waals surface area contributed by atoms with Crippen LogP contribution in [0, 0.1) is 13.8 Å². The van der Waals surface area contributed by atoms with Gasteiger partial charge in [-0.15, -0.1) is 0 Å². The van der Waals surface area contributed by atoms with Crippen LogP contribution in [0.25, 0.3) is 5.69 Å². The molecule has 1 aliphatic heterocycles. The molecule has 5 heteroatoms. The van der Waals surface area contributed by atoms with Crippen LogP contribution < -0.4 is 0 Å². The third-order valence-corrected chi connectivity index (χ3v) is 5.08. The first-order valence-electron chi connectivity index (χ1n) is 9.42. The highest BCUT2D eigenvalue weighted by Crippen LogP contribution is 2.38. The molecule has 2 aromatic rings. The summed E-state index contributed by atoms with van der Waals surface area (Å²) in [5, 5.41) is 4.82. The highest BCUT2D eigenvalue weighted by molar-refractivity contribution is 5.77. The largest absolute Gasteiger partial charge is 0.343 e. The van der Waals surface area contributed by atoms with Crippen LogP contribution in [0.3, 0.4) is 0 Å². The second kappa shape index (κ2) is 6.62.